The molecule has 0 fully saturated rings. The number of benzene rings is 3. The molecule has 0 aromatic heterocycles. The van der Waals surface area contributed by atoms with Crippen LogP contribution in [0.25, 0.3) is 5.57 Å². The van der Waals surface area contributed by atoms with Gasteiger partial charge >= 0.3 is 35.5 Å². The number of aryl methyl sites for hydroxylation is 2. The second-order valence-electron chi connectivity index (χ2n) is 7.95. The first-order valence-corrected chi connectivity index (χ1v) is 11.9. The molecule has 2 aliphatic heterocycles. The van der Waals surface area contributed by atoms with E-state index >= 15 is 0 Å². The van der Waals surface area contributed by atoms with Crippen molar-refractivity contribution in [2.75, 3.05) is 18.2 Å². The number of sulfonamides is 1. The molecule has 5 rings (SSSR count). The maximum Gasteiger partial charge on any atom is 1.00 e. The van der Waals surface area contributed by atoms with Crippen molar-refractivity contribution >= 4 is 27.3 Å². The average Bonchev–Trinajstić information content (AvgIpc) is 3.28. The quantitative estimate of drug-likeness (QED) is 0.534. The molecule has 0 radical (unpaired) electrons. The molecular weight excluding hydrogens is 481 g/mol. The van der Waals surface area contributed by atoms with Gasteiger partial charge in [0.25, 0.3) is 10.0 Å². The second kappa shape index (κ2) is 9.23. The summed E-state index contributed by atoms with van der Waals surface area (Å²) in [7, 11) is -2.77. The Morgan fingerprint density at radius 2 is 1.74 bits per heavy atom. The summed E-state index contributed by atoms with van der Waals surface area (Å²) in [4.78, 5) is 12.8. The summed E-state index contributed by atoms with van der Waals surface area (Å²) in [6.07, 6.45) is 0. The van der Waals surface area contributed by atoms with Crippen LogP contribution in [-0.2, 0) is 14.8 Å². The van der Waals surface area contributed by atoms with Gasteiger partial charge in [0.15, 0.2) is 17.2 Å². The molecular formula is C25H22NNaO7S. The number of hydrogen-bond acceptors (Lipinski definition) is 6. The summed E-state index contributed by atoms with van der Waals surface area (Å²) in [6.45, 7) is 3.50. The van der Waals surface area contributed by atoms with Crippen molar-refractivity contribution in [2.24, 2.45) is 0 Å². The third-order valence-electron chi connectivity index (χ3n) is 5.91. The van der Waals surface area contributed by atoms with Gasteiger partial charge in [-0.15, -0.1) is 0 Å². The van der Waals surface area contributed by atoms with Crippen LogP contribution in [0.15, 0.2) is 65.2 Å². The van der Waals surface area contributed by atoms with E-state index in [2.05, 4.69) is 0 Å². The maximum absolute atomic E-state index is 13.9. The molecule has 3 aromatic rings. The SMILES string of the molecule is COc1cc(C2=C(C(=O)O)N(c3c(C)cccc3C)S(=O)(=O)c3ccccc32)cc2c1OCO2.[H-].[Na+]. The molecule has 3 aromatic carbocycles. The third-order valence-corrected chi connectivity index (χ3v) is 7.66. The number of nitrogens with zero attached hydrogens (tertiary/aromatic N) is 1. The van der Waals surface area contributed by atoms with Crippen LogP contribution in [0.3, 0.4) is 0 Å². The molecule has 0 aliphatic carbocycles. The predicted molar refractivity (Wildman–Crippen MR) is 126 cm³/mol. The zero-order chi connectivity index (χ0) is 24.2. The number of hydrogen-bond donors (Lipinski definition) is 1. The molecule has 0 saturated heterocycles. The summed E-state index contributed by atoms with van der Waals surface area (Å²) in [5.74, 6) is -0.234. The monoisotopic (exact) mass is 503 g/mol. The molecule has 0 bridgehead atoms. The van der Waals surface area contributed by atoms with E-state index in [0.717, 1.165) is 4.31 Å². The number of methoxy groups -OCH3 is 1. The van der Waals surface area contributed by atoms with Gasteiger partial charge in [-0.3, -0.25) is 0 Å². The first-order chi connectivity index (χ1) is 16.3. The number of fused-ring (bicyclic) bond motifs is 2. The Hall–Kier alpha value is -2.98. The van der Waals surface area contributed by atoms with Crippen molar-refractivity contribution in [3.63, 3.8) is 0 Å². The number of carboxylic acids is 1. The Balaban J connectivity index is 0.00000180. The molecule has 0 atom stereocenters. The fourth-order valence-corrected chi connectivity index (χ4v) is 6.30. The Morgan fingerprint density at radius 1 is 1.06 bits per heavy atom. The van der Waals surface area contributed by atoms with E-state index in [-0.39, 0.29) is 59.5 Å². The fraction of sp³-hybridized carbons (Fsp3) is 0.160. The third kappa shape index (κ3) is 3.88. The van der Waals surface area contributed by atoms with Crippen LogP contribution in [0, 0.1) is 13.8 Å². The minimum absolute atomic E-state index is 0. The first-order valence-electron chi connectivity index (χ1n) is 10.4. The van der Waals surface area contributed by atoms with E-state index in [9.17, 15) is 18.3 Å². The molecule has 1 N–H and O–H groups in total. The van der Waals surface area contributed by atoms with Crippen molar-refractivity contribution in [3.8, 4) is 17.2 Å². The molecule has 2 heterocycles. The van der Waals surface area contributed by atoms with Gasteiger partial charge in [0.05, 0.1) is 17.7 Å². The number of anilines is 1. The molecule has 0 spiro atoms. The summed E-state index contributed by atoms with van der Waals surface area (Å²) < 4.78 is 45.2. The van der Waals surface area contributed by atoms with Crippen LogP contribution in [-0.4, -0.2) is 33.4 Å². The molecule has 10 heteroatoms. The van der Waals surface area contributed by atoms with Gasteiger partial charge in [-0.05, 0) is 48.7 Å². The first kappa shape index (κ1) is 25.1. The van der Waals surface area contributed by atoms with Gasteiger partial charge < -0.3 is 20.7 Å². The smallest absolute Gasteiger partial charge is 1.00 e. The predicted octanol–water partition coefficient (Wildman–Crippen LogP) is 1.21. The zero-order valence-electron chi connectivity index (χ0n) is 20.7. The van der Waals surface area contributed by atoms with Crippen molar-refractivity contribution in [1.82, 2.24) is 0 Å². The van der Waals surface area contributed by atoms with Gasteiger partial charge in [-0.25, -0.2) is 17.5 Å². The topological polar surface area (TPSA) is 102 Å². The van der Waals surface area contributed by atoms with Gasteiger partial charge in [0.1, 0.15) is 0 Å². The van der Waals surface area contributed by atoms with Crippen molar-refractivity contribution < 1.29 is 63.5 Å². The summed E-state index contributed by atoms with van der Waals surface area (Å²) in [5, 5.41) is 10.4. The number of rotatable bonds is 4. The van der Waals surface area contributed by atoms with E-state index in [1.165, 1.54) is 13.2 Å². The van der Waals surface area contributed by atoms with Crippen molar-refractivity contribution in [3.05, 3.63) is 82.5 Å². The number of para-hydroxylation sites is 1. The standard InChI is InChI=1S/C25H21NO7S.Na.H/c1-14-7-6-8-15(2)22(14)26-23(25(27)28)21(17-9-4-5-10-20(17)34(26,29)30)16-11-18(31-3)24-19(12-16)32-13-33-24;;/h4-12H,13H2,1-3H3,(H,27,28);;/q;+1;-1. The van der Waals surface area contributed by atoms with Gasteiger partial charge in [-0.1, -0.05) is 36.4 Å². The van der Waals surface area contributed by atoms with Crippen LogP contribution in [0.4, 0.5) is 5.69 Å². The Labute approximate surface area is 226 Å². The summed E-state index contributed by atoms with van der Waals surface area (Å²) >= 11 is 0. The minimum Gasteiger partial charge on any atom is -1.00 e. The van der Waals surface area contributed by atoms with E-state index in [4.69, 9.17) is 14.2 Å². The van der Waals surface area contributed by atoms with Crippen LogP contribution >= 0.6 is 0 Å². The summed E-state index contributed by atoms with van der Waals surface area (Å²) in [5.41, 5.74) is 2.13. The molecule has 0 amide bonds. The number of ether oxygens (including phenoxy) is 3. The van der Waals surface area contributed by atoms with Gasteiger partial charge in [-0.2, -0.15) is 0 Å². The molecule has 0 saturated carbocycles. The largest absolute Gasteiger partial charge is 1.00 e. The van der Waals surface area contributed by atoms with Crippen LogP contribution in [0.1, 0.15) is 23.7 Å². The fourth-order valence-electron chi connectivity index (χ4n) is 4.46. The van der Waals surface area contributed by atoms with Gasteiger partial charge in [0.2, 0.25) is 12.5 Å². The second-order valence-corrected chi connectivity index (χ2v) is 9.70. The molecule has 176 valence electrons. The molecule has 0 unspecified atom stereocenters. The Kier molecular flexibility index (Phi) is 6.63. The number of aliphatic carboxylic acids is 1. The van der Waals surface area contributed by atoms with E-state index < -0.39 is 16.0 Å². The van der Waals surface area contributed by atoms with Crippen molar-refractivity contribution in [1.29, 1.82) is 0 Å². The normalized spacial score (nSPS) is 15.3. The Bertz CT molecular complexity index is 1480. The van der Waals surface area contributed by atoms with Crippen LogP contribution in [0.5, 0.6) is 17.2 Å². The molecule has 8 nitrogen and oxygen atoms in total. The number of carbonyl (C=O) groups is 1. The van der Waals surface area contributed by atoms with Crippen LogP contribution in [0.2, 0.25) is 0 Å². The Morgan fingerprint density at radius 3 is 2.40 bits per heavy atom. The number of carboxylic acid groups (broad SMARTS) is 1. The molecule has 35 heavy (non-hydrogen) atoms. The zero-order valence-corrected chi connectivity index (χ0v) is 22.5. The van der Waals surface area contributed by atoms with Crippen LogP contribution < -0.4 is 48.1 Å². The summed E-state index contributed by atoms with van der Waals surface area (Å²) in [6, 6.07) is 14.9. The van der Waals surface area contributed by atoms with E-state index in [0.29, 0.717) is 39.6 Å². The molecule has 2 aliphatic rings. The minimum atomic E-state index is -4.24. The van der Waals surface area contributed by atoms with E-state index in [1.807, 2.05) is 0 Å². The maximum atomic E-state index is 13.9. The average molecular weight is 504 g/mol. The van der Waals surface area contributed by atoms with Gasteiger partial charge in [0, 0.05) is 11.1 Å². The van der Waals surface area contributed by atoms with Crippen molar-refractivity contribution in [2.45, 2.75) is 18.7 Å². The van der Waals surface area contributed by atoms with E-state index in [1.54, 1.807) is 62.4 Å².